The normalized spacial score (nSPS) is 11.5. The second-order valence-corrected chi connectivity index (χ2v) is 7.62. The Morgan fingerprint density at radius 1 is 1.00 bits per heavy atom. The van der Waals surface area contributed by atoms with Crippen molar-refractivity contribution in [1.29, 1.82) is 0 Å². The van der Waals surface area contributed by atoms with Crippen LogP contribution in [-0.2, 0) is 32.1 Å². The van der Waals surface area contributed by atoms with E-state index in [-0.39, 0.29) is 24.2 Å². The van der Waals surface area contributed by atoms with Gasteiger partial charge in [-0.1, -0.05) is 62.4 Å². The summed E-state index contributed by atoms with van der Waals surface area (Å²) in [6, 6.07) is 15.8. The van der Waals surface area contributed by atoms with E-state index in [1.165, 1.54) is 4.90 Å². The smallest absolute Gasteiger partial charge is 0.329 e. The molecule has 0 aliphatic rings. The van der Waals surface area contributed by atoms with Gasteiger partial charge in [-0.05, 0) is 17.5 Å². The average Bonchev–Trinajstić information content (AvgIpc) is 2.76. The van der Waals surface area contributed by atoms with Crippen molar-refractivity contribution >= 4 is 17.8 Å². The largest absolute Gasteiger partial charge is 0.496 e. The number of para-hydroxylation sites is 1. The molecule has 0 aliphatic carbocycles. The van der Waals surface area contributed by atoms with Crippen LogP contribution in [0.2, 0.25) is 0 Å². The summed E-state index contributed by atoms with van der Waals surface area (Å²) < 4.78 is 10.5. The van der Waals surface area contributed by atoms with Gasteiger partial charge in [-0.15, -0.1) is 0 Å². The van der Waals surface area contributed by atoms with Gasteiger partial charge in [-0.3, -0.25) is 9.59 Å². The van der Waals surface area contributed by atoms with Crippen LogP contribution in [0.4, 0.5) is 0 Å². The molecular formula is C24H30N2O5. The van der Waals surface area contributed by atoms with Crippen LogP contribution in [0, 0.1) is 5.92 Å². The van der Waals surface area contributed by atoms with Crippen molar-refractivity contribution in [3.05, 3.63) is 65.7 Å². The first-order valence-electron chi connectivity index (χ1n) is 10.2. The predicted molar refractivity (Wildman–Crippen MR) is 117 cm³/mol. The van der Waals surface area contributed by atoms with Gasteiger partial charge >= 0.3 is 5.97 Å². The Morgan fingerprint density at radius 2 is 1.65 bits per heavy atom. The molecule has 0 spiro atoms. The first-order chi connectivity index (χ1) is 14.8. The highest BCUT2D eigenvalue weighted by atomic mass is 16.5. The Morgan fingerprint density at radius 3 is 2.29 bits per heavy atom. The van der Waals surface area contributed by atoms with Crippen LogP contribution in [0.5, 0.6) is 5.75 Å². The summed E-state index contributed by atoms with van der Waals surface area (Å²) in [5.74, 6) is -0.761. The fourth-order valence-electron chi connectivity index (χ4n) is 3.01. The van der Waals surface area contributed by atoms with Crippen LogP contribution in [0.15, 0.2) is 54.6 Å². The van der Waals surface area contributed by atoms with E-state index in [1.807, 2.05) is 68.4 Å². The monoisotopic (exact) mass is 426 g/mol. The molecule has 0 saturated heterocycles. The van der Waals surface area contributed by atoms with Crippen molar-refractivity contribution in [3.63, 3.8) is 0 Å². The van der Waals surface area contributed by atoms with Gasteiger partial charge in [0.2, 0.25) is 5.91 Å². The molecule has 2 aromatic carbocycles. The molecule has 0 unspecified atom stereocenters. The number of amides is 2. The molecule has 1 N–H and O–H groups in total. The zero-order valence-electron chi connectivity index (χ0n) is 18.5. The van der Waals surface area contributed by atoms with Gasteiger partial charge < -0.3 is 19.7 Å². The number of likely N-dealkylation sites (N-methyl/N-ethyl adjacent to an activating group) is 1. The lowest BCUT2D eigenvalue weighted by Gasteiger charge is -2.22. The van der Waals surface area contributed by atoms with Crippen molar-refractivity contribution < 1.29 is 23.9 Å². The minimum absolute atomic E-state index is 0.165. The number of nitrogens with zero attached hydrogens (tertiary/aromatic N) is 1. The van der Waals surface area contributed by atoms with Crippen LogP contribution in [-0.4, -0.2) is 49.5 Å². The number of hydrogen-bond acceptors (Lipinski definition) is 5. The molecule has 7 heteroatoms. The van der Waals surface area contributed by atoms with Crippen molar-refractivity contribution in [2.75, 3.05) is 20.8 Å². The standard InChI is InChI=1S/C24H30N2O5/c1-17(2)23(25-21(27)14-18-10-6-5-7-11-18)24(29)31-16-22(28)26(3)15-19-12-8-9-13-20(19)30-4/h5-13,17,23H,14-16H2,1-4H3,(H,25,27)/t23-/m0/s1. The minimum atomic E-state index is -0.830. The number of ether oxygens (including phenoxy) is 2. The third-order valence-corrected chi connectivity index (χ3v) is 4.81. The van der Waals surface area contributed by atoms with E-state index in [1.54, 1.807) is 14.2 Å². The Balaban J connectivity index is 1.88. The Bertz CT molecular complexity index is 883. The second-order valence-electron chi connectivity index (χ2n) is 7.62. The van der Waals surface area contributed by atoms with E-state index in [2.05, 4.69) is 5.32 Å². The third kappa shape index (κ3) is 7.44. The highest BCUT2D eigenvalue weighted by Crippen LogP contribution is 2.18. The SMILES string of the molecule is COc1ccccc1CN(C)C(=O)COC(=O)[C@@H](NC(=O)Cc1ccccc1)C(C)C. The fraction of sp³-hybridized carbons (Fsp3) is 0.375. The molecule has 0 fully saturated rings. The van der Waals surface area contributed by atoms with Gasteiger partial charge in [0, 0.05) is 19.2 Å². The number of hydrogen-bond donors (Lipinski definition) is 1. The predicted octanol–water partition coefficient (Wildman–Crippen LogP) is 2.58. The lowest BCUT2D eigenvalue weighted by atomic mass is 10.0. The summed E-state index contributed by atoms with van der Waals surface area (Å²) in [6.45, 7) is 3.54. The molecule has 0 aromatic heterocycles. The number of nitrogens with one attached hydrogen (secondary N) is 1. The molecule has 0 radical (unpaired) electrons. The van der Waals surface area contributed by atoms with Crippen molar-refractivity contribution in [2.24, 2.45) is 5.92 Å². The van der Waals surface area contributed by atoms with Crippen molar-refractivity contribution in [2.45, 2.75) is 32.9 Å². The molecule has 0 aliphatic heterocycles. The van der Waals surface area contributed by atoms with E-state index in [0.29, 0.717) is 12.3 Å². The Labute approximate surface area is 183 Å². The molecule has 1 atom stereocenters. The summed E-state index contributed by atoms with van der Waals surface area (Å²) in [4.78, 5) is 38.8. The fourth-order valence-corrected chi connectivity index (χ4v) is 3.01. The topological polar surface area (TPSA) is 84.9 Å². The molecule has 166 valence electrons. The molecule has 0 heterocycles. The first-order valence-corrected chi connectivity index (χ1v) is 10.2. The third-order valence-electron chi connectivity index (χ3n) is 4.81. The Hall–Kier alpha value is -3.35. The number of benzene rings is 2. The molecule has 0 bridgehead atoms. The average molecular weight is 427 g/mol. The highest BCUT2D eigenvalue weighted by molar-refractivity contribution is 5.87. The van der Waals surface area contributed by atoms with E-state index in [0.717, 1.165) is 11.1 Å². The minimum Gasteiger partial charge on any atom is -0.496 e. The van der Waals surface area contributed by atoms with Crippen LogP contribution in [0.1, 0.15) is 25.0 Å². The van der Waals surface area contributed by atoms with Crippen LogP contribution in [0.3, 0.4) is 0 Å². The second kappa shape index (κ2) is 11.7. The molecule has 2 aromatic rings. The molecule has 7 nitrogen and oxygen atoms in total. The Kier molecular flexibility index (Phi) is 9.06. The van der Waals surface area contributed by atoms with Crippen LogP contribution >= 0.6 is 0 Å². The van der Waals surface area contributed by atoms with Gasteiger partial charge in [-0.2, -0.15) is 0 Å². The maximum atomic E-state index is 12.5. The van der Waals surface area contributed by atoms with Crippen LogP contribution < -0.4 is 10.1 Å². The molecule has 2 rings (SSSR count). The number of carbonyl (C=O) groups is 3. The molecule has 31 heavy (non-hydrogen) atoms. The van der Waals surface area contributed by atoms with E-state index in [4.69, 9.17) is 9.47 Å². The maximum Gasteiger partial charge on any atom is 0.329 e. The molecular weight excluding hydrogens is 396 g/mol. The number of rotatable bonds is 10. The zero-order valence-corrected chi connectivity index (χ0v) is 18.5. The van der Waals surface area contributed by atoms with Gasteiger partial charge in [-0.25, -0.2) is 4.79 Å². The van der Waals surface area contributed by atoms with Crippen molar-refractivity contribution in [3.8, 4) is 5.75 Å². The quantitative estimate of drug-likeness (QED) is 0.591. The van der Waals surface area contributed by atoms with E-state index >= 15 is 0 Å². The summed E-state index contributed by atoms with van der Waals surface area (Å²) in [7, 11) is 3.20. The summed E-state index contributed by atoms with van der Waals surface area (Å²) in [5.41, 5.74) is 1.70. The van der Waals surface area contributed by atoms with E-state index < -0.39 is 18.6 Å². The summed E-state index contributed by atoms with van der Waals surface area (Å²) in [6.07, 6.45) is 0.165. The lowest BCUT2D eigenvalue weighted by molar-refractivity contribution is -0.155. The lowest BCUT2D eigenvalue weighted by Crippen LogP contribution is -2.46. The number of esters is 1. The molecule has 2 amide bonds. The van der Waals surface area contributed by atoms with Gasteiger partial charge in [0.25, 0.3) is 5.91 Å². The zero-order chi connectivity index (χ0) is 22.8. The van der Waals surface area contributed by atoms with E-state index in [9.17, 15) is 14.4 Å². The summed E-state index contributed by atoms with van der Waals surface area (Å²) in [5, 5.41) is 2.72. The highest BCUT2D eigenvalue weighted by Gasteiger charge is 2.26. The first kappa shape index (κ1) is 23.9. The maximum absolute atomic E-state index is 12.5. The van der Waals surface area contributed by atoms with Crippen molar-refractivity contribution in [1.82, 2.24) is 10.2 Å². The number of carbonyl (C=O) groups excluding carboxylic acids is 3. The van der Waals surface area contributed by atoms with Crippen LogP contribution in [0.25, 0.3) is 0 Å². The van der Waals surface area contributed by atoms with Gasteiger partial charge in [0.1, 0.15) is 11.8 Å². The van der Waals surface area contributed by atoms with Gasteiger partial charge in [0.15, 0.2) is 6.61 Å². The van der Waals surface area contributed by atoms with Gasteiger partial charge in [0.05, 0.1) is 13.5 Å². The summed E-state index contributed by atoms with van der Waals surface area (Å²) >= 11 is 0. The molecule has 0 saturated carbocycles. The number of methoxy groups -OCH3 is 1.